The Morgan fingerprint density at radius 1 is 1.39 bits per heavy atom. The van der Waals surface area contributed by atoms with E-state index in [1.807, 2.05) is 24.3 Å². The predicted octanol–water partition coefficient (Wildman–Crippen LogP) is 2.17. The average Bonchev–Trinajstić information content (AvgIpc) is 2.68. The van der Waals surface area contributed by atoms with Gasteiger partial charge in [-0.1, -0.05) is 18.9 Å². The summed E-state index contributed by atoms with van der Waals surface area (Å²) in [5.74, 6) is 0.798. The van der Waals surface area contributed by atoms with E-state index >= 15 is 0 Å². The molecule has 0 aliphatic carbocycles. The highest BCUT2D eigenvalue weighted by Gasteiger charge is 2.19. The van der Waals surface area contributed by atoms with E-state index < -0.39 is 0 Å². The molecule has 1 atom stereocenters. The van der Waals surface area contributed by atoms with Gasteiger partial charge in [-0.25, -0.2) is 0 Å². The van der Waals surface area contributed by atoms with Crippen LogP contribution in [0.15, 0.2) is 24.3 Å². The number of ether oxygens (including phenoxy) is 1. The molecule has 1 aliphatic heterocycles. The summed E-state index contributed by atoms with van der Waals surface area (Å²) in [5.41, 5.74) is 0.783. The SMILES string of the molecule is COc1cccc(NC(=O)[C@@H]2CCCCCN2)c1. The molecular weight excluding hydrogens is 228 g/mol. The summed E-state index contributed by atoms with van der Waals surface area (Å²) < 4.78 is 5.13. The topological polar surface area (TPSA) is 50.4 Å². The van der Waals surface area contributed by atoms with E-state index in [-0.39, 0.29) is 11.9 Å². The highest BCUT2D eigenvalue weighted by atomic mass is 16.5. The molecule has 0 radical (unpaired) electrons. The van der Waals surface area contributed by atoms with Gasteiger partial charge < -0.3 is 15.4 Å². The van der Waals surface area contributed by atoms with Gasteiger partial charge in [0, 0.05) is 11.8 Å². The Balaban J connectivity index is 1.96. The van der Waals surface area contributed by atoms with Crippen molar-refractivity contribution in [3.05, 3.63) is 24.3 Å². The maximum absolute atomic E-state index is 12.1. The molecule has 98 valence electrons. The smallest absolute Gasteiger partial charge is 0.241 e. The van der Waals surface area contributed by atoms with Gasteiger partial charge in [-0.3, -0.25) is 4.79 Å². The highest BCUT2D eigenvalue weighted by Crippen LogP contribution is 2.17. The third kappa shape index (κ3) is 3.47. The standard InChI is InChI=1S/C14H20N2O2/c1-18-12-7-5-6-11(10-12)16-14(17)13-8-3-2-4-9-15-13/h5-7,10,13,15H,2-4,8-9H2,1H3,(H,16,17)/t13-/m0/s1. The lowest BCUT2D eigenvalue weighted by molar-refractivity contribution is -0.118. The first-order chi connectivity index (χ1) is 8.79. The molecule has 0 bridgehead atoms. The highest BCUT2D eigenvalue weighted by molar-refractivity contribution is 5.95. The van der Waals surface area contributed by atoms with Gasteiger partial charge in [0.1, 0.15) is 5.75 Å². The van der Waals surface area contributed by atoms with Crippen LogP contribution in [0.4, 0.5) is 5.69 Å². The van der Waals surface area contributed by atoms with Crippen molar-refractivity contribution < 1.29 is 9.53 Å². The lowest BCUT2D eigenvalue weighted by atomic mass is 10.1. The quantitative estimate of drug-likeness (QED) is 0.862. The van der Waals surface area contributed by atoms with Crippen molar-refractivity contribution in [3.63, 3.8) is 0 Å². The number of carbonyl (C=O) groups is 1. The summed E-state index contributed by atoms with van der Waals surface area (Å²) in [6.07, 6.45) is 4.39. The second kappa shape index (κ2) is 6.40. The fourth-order valence-electron chi connectivity index (χ4n) is 2.18. The van der Waals surface area contributed by atoms with Crippen LogP contribution in [-0.4, -0.2) is 25.6 Å². The summed E-state index contributed by atoms with van der Waals surface area (Å²) in [5, 5.41) is 6.22. The van der Waals surface area contributed by atoms with Crippen LogP contribution >= 0.6 is 0 Å². The van der Waals surface area contributed by atoms with Crippen molar-refractivity contribution >= 4 is 11.6 Å². The summed E-state index contributed by atoms with van der Waals surface area (Å²) >= 11 is 0. The van der Waals surface area contributed by atoms with Gasteiger partial charge in [0.25, 0.3) is 0 Å². The average molecular weight is 248 g/mol. The van der Waals surface area contributed by atoms with Gasteiger partial charge in [-0.05, 0) is 31.5 Å². The first-order valence-corrected chi connectivity index (χ1v) is 6.48. The van der Waals surface area contributed by atoms with E-state index in [9.17, 15) is 4.79 Å². The Morgan fingerprint density at radius 2 is 2.28 bits per heavy atom. The zero-order chi connectivity index (χ0) is 12.8. The molecule has 0 unspecified atom stereocenters. The molecular formula is C14H20N2O2. The second-order valence-corrected chi connectivity index (χ2v) is 4.58. The van der Waals surface area contributed by atoms with Crippen LogP contribution in [0.1, 0.15) is 25.7 Å². The van der Waals surface area contributed by atoms with Gasteiger partial charge in [-0.2, -0.15) is 0 Å². The number of amides is 1. The number of anilines is 1. The lowest BCUT2D eigenvalue weighted by Crippen LogP contribution is -2.39. The van der Waals surface area contributed by atoms with Crippen molar-refractivity contribution in [2.45, 2.75) is 31.7 Å². The van der Waals surface area contributed by atoms with E-state index in [1.165, 1.54) is 6.42 Å². The lowest BCUT2D eigenvalue weighted by Gasteiger charge is -2.15. The summed E-state index contributed by atoms with van der Waals surface area (Å²) in [4.78, 5) is 12.1. The number of hydrogen-bond acceptors (Lipinski definition) is 3. The van der Waals surface area contributed by atoms with E-state index in [0.717, 1.165) is 37.2 Å². The van der Waals surface area contributed by atoms with E-state index in [0.29, 0.717) is 0 Å². The number of rotatable bonds is 3. The molecule has 2 rings (SSSR count). The molecule has 1 saturated heterocycles. The molecule has 4 heteroatoms. The second-order valence-electron chi connectivity index (χ2n) is 4.58. The van der Waals surface area contributed by atoms with Crippen LogP contribution in [0.2, 0.25) is 0 Å². The third-order valence-corrected chi connectivity index (χ3v) is 3.21. The number of hydrogen-bond donors (Lipinski definition) is 2. The molecule has 18 heavy (non-hydrogen) atoms. The molecule has 1 heterocycles. The summed E-state index contributed by atoms with van der Waals surface area (Å²) in [7, 11) is 1.62. The van der Waals surface area contributed by atoms with Crippen LogP contribution in [-0.2, 0) is 4.79 Å². The zero-order valence-electron chi connectivity index (χ0n) is 10.7. The Morgan fingerprint density at radius 3 is 3.11 bits per heavy atom. The molecule has 0 spiro atoms. The largest absolute Gasteiger partial charge is 0.497 e. The van der Waals surface area contributed by atoms with Crippen molar-refractivity contribution in [3.8, 4) is 5.75 Å². The third-order valence-electron chi connectivity index (χ3n) is 3.21. The number of nitrogens with one attached hydrogen (secondary N) is 2. The van der Waals surface area contributed by atoms with Crippen molar-refractivity contribution in [1.82, 2.24) is 5.32 Å². The monoisotopic (exact) mass is 248 g/mol. The molecule has 1 aromatic rings. The normalized spacial score (nSPS) is 19.9. The number of carbonyl (C=O) groups excluding carboxylic acids is 1. The zero-order valence-corrected chi connectivity index (χ0v) is 10.7. The number of methoxy groups -OCH3 is 1. The van der Waals surface area contributed by atoms with E-state index in [1.54, 1.807) is 7.11 Å². The Labute approximate surface area is 108 Å². The fourth-order valence-corrected chi connectivity index (χ4v) is 2.18. The Kier molecular flexibility index (Phi) is 4.59. The molecule has 2 N–H and O–H groups in total. The molecule has 0 saturated carbocycles. The maximum atomic E-state index is 12.1. The van der Waals surface area contributed by atoms with Crippen LogP contribution in [0, 0.1) is 0 Å². The van der Waals surface area contributed by atoms with Crippen molar-refractivity contribution in [2.75, 3.05) is 19.0 Å². The van der Waals surface area contributed by atoms with E-state index in [2.05, 4.69) is 10.6 Å². The molecule has 0 aromatic heterocycles. The van der Waals surface area contributed by atoms with Crippen molar-refractivity contribution in [2.24, 2.45) is 0 Å². The molecule has 1 amide bonds. The predicted molar refractivity (Wildman–Crippen MR) is 71.9 cm³/mol. The minimum Gasteiger partial charge on any atom is -0.497 e. The summed E-state index contributed by atoms with van der Waals surface area (Å²) in [6.45, 7) is 0.927. The van der Waals surface area contributed by atoms with Crippen LogP contribution in [0.25, 0.3) is 0 Å². The van der Waals surface area contributed by atoms with Gasteiger partial charge in [0.15, 0.2) is 0 Å². The Bertz CT molecular complexity index is 399. The Hall–Kier alpha value is -1.55. The molecule has 1 aromatic carbocycles. The number of benzene rings is 1. The first kappa shape index (κ1) is 12.9. The van der Waals surface area contributed by atoms with Crippen LogP contribution in [0.3, 0.4) is 0 Å². The van der Waals surface area contributed by atoms with Crippen molar-refractivity contribution in [1.29, 1.82) is 0 Å². The van der Waals surface area contributed by atoms with Gasteiger partial charge in [-0.15, -0.1) is 0 Å². The minimum absolute atomic E-state index is 0.0464. The van der Waals surface area contributed by atoms with Gasteiger partial charge >= 0.3 is 0 Å². The first-order valence-electron chi connectivity index (χ1n) is 6.48. The van der Waals surface area contributed by atoms with E-state index in [4.69, 9.17) is 4.74 Å². The van der Waals surface area contributed by atoms with Gasteiger partial charge in [0.05, 0.1) is 13.2 Å². The van der Waals surface area contributed by atoms with Crippen LogP contribution in [0.5, 0.6) is 5.75 Å². The maximum Gasteiger partial charge on any atom is 0.241 e. The molecule has 1 aliphatic rings. The molecule has 1 fully saturated rings. The van der Waals surface area contributed by atoms with Gasteiger partial charge in [0.2, 0.25) is 5.91 Å². The van der Waals surface area contributed by atoms with Crippen LogP contribution < -0.4 is 15.4 Å². The minimum atomic E-state index is -0.0706. The molecule has 4 nitrogen and oxygen atoms in total. The fraction of sp³-hybridized carbons (Fsp3) is 0.500. The summed E-state index contributed by atoms with van der Waals surface area (Å²) in [6, 6.07) is 7.36.